The summed E-state index contributed by atoms with van der Waals surface area (Å²) in [5.41, 5.74) is 0.776. The van der Waals surface area contributed by atoms with Gasteiger partial charge in [0.2, 0.25) is 11.8 Å². The van der Waals surface area contributed by atoms with Crippen LogP contribution >= 0.6 is 0 Å². The molecule has 1 aliphatic carbocycles. The average molecular weight is 656 g/mol. The van der Waals surface area contributed by atoms with E-state index in [1.54, 1.807) is 18.2 Å². The SMILES string of the molecule is CCC(C(=O)NC1CCCCC1)N(Cc1cccc(OC)c1)C(=O)CN(c1ccc(F)cc1)S(=O)(=O)c1ccc(OC)c(OC)c1. The number of nitrogens with one attached hydrogen (secondary N) is 1. The van der Waals surface area contributed by atoms with E-state index in [-0.39, 0.29) is 34.8 Å². The molecule has 4 rings (SSSR count). The van der Waals surface area contributed by atoms with Crippen LogP contribution in [0.2, 0.25) is 0 Å². The number of methoxy groups -OCH3 is 3. The molecule has 0 saturated heterocycles. The van der Waals surface area contributed by atoms with Crippen LogP contribution in [0.3, 0.4) is 0 Å². The number of amides is 2. The molecule has 1 N–H and O–H groups in total. The van der Waals surface area contributed by atoms with Crippen LogP contribution in [-0.2, 0) is 26.2 Å². The third-order valence-corrected chi connectivity index (χ3v) is 9.93. The molecule has 2 amide bonds. The van der Waals surface area contributed by atoms with Gasteiger partial charge in [0.05, 0.1) is 31.9 Å². The van der Waals surface area contributed by atoms with E-state index < -0.39 is 34.3 Å². The number of sulfonamides is 1. The second kappa shape index (κ2) is 15.8. The molecule has 10 nitrogen and oxygen atoms in total. The van der Waals surface area contributed by atoms with Crippen LogP contribution in [0.25, 0.3) is 0 Å². The minimum absolute atomic E-state index is 0.0187. The highest BCUT2D eigenvalue weighted by molar-refractivity contribution is 7.92. The van der Waals surface area contributed by atoms with Crippen LogP contribution < -0.4 is 23.8 Å². The lowest BCUT2D eigenvalue weighted by molar-refractivity contribution is -0.140. The number of benzene rings is 3. The van der Waals surface area contributed by atoms with Crippen molar-refractivity contribution in [2.45, 2.75) is 69.0 Å². The van der Waals surface area contributed by atoms with Crippen molar-refractivity contribution >= 4 is 27.5 Å². The minimum atomic E-state index is -4.40. The van der Waals surface area contributed by atoms with E-state index in [9.17, 15) is 22.4 Å². The third-order valence-electron chi connectivity index (χ3n) is 8.16. The molecular formula is C34H42FN3O7S. The Morgan fingerprint density at radius 2 is 1.61 bits per heavy atom. The van der Waals surface area contributed by atoms with Gasteiger partial charge < -0.3 is 24.4 Å². The van der Waals surface area contributed by atoms with Gasteiger partial charge in [-0.25, -0.2) is 12.8 Å². The van der Waals surface area contributed by atoms with Crippen molar-refractivity contribution in [3.05, 3.63) is 78.1 Å². The van der Waals surface area contributed by atoms with Gasteiger partial charge in [-0.1, -0.05) is 38.3 Å². The lowest BCUT2D eigenvalue weighted by Crippen LogP contribution is -2.54. The molecule has 12 heteroatoms. The molecule has 0 heterocycles. The average Bonchev–Trinajstić information content (AvgIpc) is 3.07. The first-order valence-corrected chi connectivity index (χ1v) is 16.8. The summed E-state index contributed by atoms with van der Waals surface area (Å²) in [6.45, 7) is 1.19. The molecule has 1 saturated carbocycles. The van der Waals surface area contributed by atoms with Crippen molar-refractivity contribution in [3.8, 4) is 17.2 Å². The highest BCUT2D eigenvalue weighted by Gasteiger charge is 2.35. The molecule has 0 bridgehead atoms. The van der Waals surface area contributed by atoms with Gasteiger partial charge in [0.1, 0.15) is 24.2 Å². The Morgan fingerprint density at radius 3 is 2.24 bits per heavy atom. The summed E-state index contributed by atoms with van der Waals surface area (Å²) in [5, 5.41) is 3.13. The number of halogens is 1. The summed E-state index contributed by atoms with van der Waals surface area (Å²) in [4.78, 5) is 29.3. The lowest BCUT2D eigenvalue weighted by atomic mass is 9.95. The molecule has 1 atom stereocenters. The van der Waals surface area contributed by atoms with Crippen LogP contribution in [0, 0.1) is 5.82 Å². The number of carbonyl (C=O) groups is 2. The van der Waals surface area contributed by atoms with E-state index >= 15 is 0 Å². The maximum Gasteiger partial charge on any atom is 0.264 e. The summed E-state index contributed by atoms with van der Waals surface area (Å²) in [6.07, 6.45) is 5.20. The fourth-order valence-electron chi connectivity index (χ4n) is 5.67. The van der Waals surface area contributed by atoms with Gasteiger partial charge >= 0.3 is 0 Å². The van der Waals surface area contributed by atoms with Gasteiger partial charge in [0.25, 0.3) is 10.0 Å². The molecular weight excluding hydrogens is 613 g/mol. The lowest BCUT2D eigenvalue weighted by Gasteiger charge is -2.34. The molecule has 0 aliphatic heterocycles. The summed E-state index contributed by atoms with van der Waals surface area (Å²) >= 11 is 0. The van der Waals surface area contributed by atoms with Crippen LogP contribution in [-0.4, -0.2) is 65.1 Å². The second-order valence-electron chi connectivity index (χ2n) is 11.1. The Balaban J connectivity index is 1.74. The fraction of sp³-hybridized carbons (Fsp3) is 0.412. The van der Waals surface area contributed by atoms with Crippen molar-refractivity contribution in [2.75, 3.05) is 32.2 Å². The molecule has 0 aromatic heterocycles. The van der Waals surface area contributed by atoms with Gasteiger partial charge in [0, 0.05) is 18.7 Å². The predicted octanol–water partition coefficient (Wildman–Crippen LogP) is 5.30. The number of hydrogen-bond donors (Lipinski definition) is 1. The molecule has 248 valence electrons. The van der Waals surface area contributed by atoms with Crippen LogP contribution in [0.5, 0.6) is 17.2 Å². The predicted molar refractivity (Wildman–Crippen MR) is 173 cm³/mol. The van der Waals surface area contributed by atoms with Crippen molar-refractivity contribution < 1.29 is 36.6 Å². The highest BCUT2D eigenvalue weighted by atomic mass is 32.2. The zero-order valence-corrected chi connectivity index (χ0v) is 27.5. The molecule has 0 spiro atoms. The highest BCUT2D eigenvalue weighted by Crippen LogP contribution is 2.32. The van der Waals surface area contributed by atoms with Gasteiger partial charge in [-0.2, -0.15) is 0 Å². The van der Waals surface area contributed by atoms with Gasteiger partial charge in [0.15, 0.2) is 11.5 Å². The number of nitrogens with zero attached hydrogens (tertiary/aromatic N) is 2. The first kappa shape index (κ1) is 34.6. The van der Waals surface area contributed by atoms with E-state index in [4.69, 9.17) is 14.2 Å². The Morgan fingerprint density at radius 1 is 0.913 bits per heavy atom. The summed E-state index contributed by atoms with van der Waals surface area (Å²) in [7, 11) is -0.0532. The smallest absolute Gasteiger partial charge is 0.264 e. The molecule has 1 unspecified atom stereocenters. The van der Waals surface area contributed by atoms with Crippen molar-refractivity contribution in [1.82, 2.24) is 10.2 Å². The number of hydrogen-bond acceptors (Lipinski definition) is 7. The van der Waals surface area contributed by atoms with Crippen molar-refractivity contribution in [2.24, 2.45) is 0 Å². The summed E-state index contributed by atoms with van der Waals surface area (Å²) < 4.78 is 59.2. The van der Waals surface area contributed by atoms with E-state index in [1.807, 2.05) is 13.0 Å². The maximum absolute atomic E-state index is 14.3. The number of ether oxygens (including phenoxy) is 3. The van der Waals surface area contributed by atoms with Gasteiger partial charge in [-0.3, -0.25) is 13.9 Å². The Hall–Kier alpha value is -4.32. The normalized spacial score (nSPS) is 14.2. The topological polar surface area (TPSA) is 114 Å². The summed E-state index contributed by atoms with van der Waals surface area (Å²) in [6, 6.07) is 15.2. The Labute approximate surface area is 270 Å². The van der Waals surface area contributed by atoms with Crippen LogP contribution in [0.15, 0.2) is 71.6 Å². The fourth-order valence-corrected chi connectivity index (χ4v) is 7.10. The monoisotopic (exact) mass is 655 g/mol. The van der Waals surface area contributed by atoms with Crippen LogP contribution in [0.1, 0.15) is 51.0 Å². The van der Waals surface area contributed by atoms with E-state index in [0.717, 1.165) is 48.5 Å². The third kappa shape index (κ3) is 8.28. The Bertz CT molecular complexity index is 1590. The van der Waals surface area contributed by atoms with Crippen LogP contribution in [0.4, 0.5) is 10.1 Å². The summed E-state index contributed by atoms with van der Waals surface area (Å²) in [5.74, 6) is -0.384. The van der Waals surface area contributed by atoms with Gasteiger partial charge in [-0.05, 0) is 73.4 Å². The first-order chi connectivity index (χ1) is 22.1. The molecule has 3 aromatic carbocycles. The molecule has 0 radical (unpaired) electrons. The second-order valence-corrected chi connectivity index (χ2v) is 13.0. The Kier molecular flexibility index (Phi) is 11.9. The minimum Gasteiger partial charge on any atom is -0.497 e. The number of anilines is 1. The standard InChI is InChI=1S/C34H42FN3O7S/c1-5-30(34(40)36-26-11-7-6-8-12-26)37(22-24-10-9-13-28(20-24)43-2)33(39)23-38(27-16-14-25(35)15-17-27)46(41,42)29-18-19-31(44-3)32(21-29)45-4/h9-10,13-21,26,30H,5-8,11-12,22-23H2,1-4H3,(H,36,40). The molecule has 1 aliphatic rings. The number of carbonyl (C=O) groups excluding carboxylic acids is 2. The molecule has 3 aromatic rings. The maximum atomic E-state index is 14.3. The quantitative estimate of drug-likeness (QED) is 0.251. The van der Waals surface area contributed by atoms with E-state index in [2.05, 4.69) is 5.32 Å². The van der Waals surface area contributed by atoms with Crippen molar-refractivity contribution in [3.63, 3.8) is 0 Å². The van der Waals surface area contributed by atoms with E-state index in [1.165, 1.54) is 56.6 Å². The zero-order valence-electron chi connectivity index (χ0n) is 26.7. The largest absolute Gasteiger partial charge is 0.497 e. The zero-order chi connectivity index (χ0) is 33.3. The first-order valence-electron chi connectivity index (χ1n) is 15.3. The van der Waals surface area contributed by atoms with E-state index in [0.29, 0.717) is 23.5 Å². The molecule has 1 fully saturated rings. The van der Waals surface area contributed by atoms with Gasteiger partial charge in [-0.15, -0.1) is 0 Å². The molecule has 46 heavy (non-hydrogen) atoms. The van der Waals surface area contributed by atoms with Crippen molar-refractivity contribution in [1.29, 1.82) is 0 Å². The number of rotatable bonds is 14.